The molecule has 0 bridgehead atoms. The topological polar surface area (TPSA) is 14.2 Å². The Morgan fingerprint density at radius 1 is 1.21 bits per heavy atom. The fourth-order valence-electron chi connectivity index (χ4n) is 0.741. The Hall–Kier alpha value is -1.27. The van der Waals surface area contributed by atoms with Gasteiger partial charge in [0.2, 0.25) is 0 Å². The molecule has 0 atom stereocenters. The minimum atomic E-state index is -5.71. The van der Waals surface area contributed by atoms with Crippen molar-refractivity contribution in [3.63, 3.8) is 0 Å². The van der Waals surface area contributed by atoms with Gasteiger partial charge in [-0.2, -0.15) is 22.0 Å². The lowest BCUT2D eigenvalue weighted by Crippen LogP contribution is -2.42. The van der Waals surface area contributed by atoms with Gasteiger partial charge in [0.05, 0.1) is 0 Å². The summed E-state index contributed by atoms with van der Waals surface area (Å²) in [5.41, 5.74) is 0. The molecule has 0 saturated heterocycles. The molecule has 0 aliphatic carbocycles. The van der Waals surface area contributed by atoms with E-state index in [-0.39, 0.29) is 0 Å². The second-order valence-electron chi connectivity index (χ2n) is 2.57. The van der Waals surface area contributed by atoms with E-state index in [1.165, 1.54) is 19.3 Å². The van der Waals surface area contributed by atoms with Gasteiger partial charge in [0, 0.05) is 19.3 Å². The maximum Gasteiger partial charge on any atom is 0.500 e. The second-order valence-corrected chi connectivity index (χ2v) is 2.57. The van der Waals surface area contributed by atoms with Crippen LogP contribution in [0.5, 0.6) is 5.88 Å². The van der Waals surface area contributed by atoms with Crippen molar-refractivity contribution in [2.24, 2.45) is 7.05 Å². The summed E-state index contributed by atoms with van der Waals surface area (Å²) in [4.78, 5) is 0. The standard InChI is InChI=1S/C7H6F5NO/c1-13-4-2-3-5(13)14-7(11,12)6(8,9)10/h2-4H,1H3. The van der Waals surface area contributed by atoms with Crippen molar-refractivity contribution in [2.45, 2.75) is 12.3 Å². The number of aryl methyl sites for hydroxylation is 1. The smallest absolute Gasteiger partial charge is 0.410 e. The van der Waals surface area contributed by atoms with E-state index in [0.29, 0.717) is 0 Å². The summed E-state index contributed by atoms with van der Waals surface area (Å²) >= 11 is 0. The van der Waals surface area contributed by atoms with Crippen LogP contribution in [0.3, 0.4) is 0 Å². The molecule has 1 rings (SSSR count). The minimum Gasteiger partial charge on any atom is -0.410 e. The number of nitrogens with zero attached hydrogens (tertiary/aromatic N) is 1. The molecule has 0 unspecified atom stereocenters. The third-order valence-corrected chi connectivity index (χ3v) is 1.46. The molecule has 14 heavy (non-hydrogen) atoms. The van der Waals surface area contributed by atoms with E-state index in [1.807, 2.05) is 0 Å². The van der Waals surface area contributed by atoms with Crippen LogP contribution in [-0.4, -0.2) is 16.9 Å². The van der Waals surface area contributed by atoms with Gasteiger partial charge in [0.15, 0.2) is 5.88 Å². The van der Waals surface area contributed by atoms with Crippen LogP contribution in [0.25, 0.3) is 0 Å². The van der Waals surface area contributed by atoms with Crippen molar-refractivity contribution >= 4 is 0 Å². The summed E-state index contributed by atoms with van der Waals surface area (Å²) in [6.07, 6.45) is -9.59. The minimum absolute atomic E-state index is 0.549. The average Bonchev–Trinajstić information content (AvgIpc) is 2.33. The van der Waals surface area contributed by atoms with Crippen LogP contribution in [0.4, 0.5) is 22.0 Å². The Labute approximate surface area is 75.9 Å². The first kappa shape index (κ1) is 10.8. The Bertz CT molecular complexity index is 316. The van der Waals surface area contributed by atoms with Gasteiger partial charge >= 0.3 is 12.3 Å². The summed E-state index contributed by atoms with van der Waals surface area (Å²) < 4.78 is 64.2. The number of alkyl halides is 5. The molecular formula is C7H6F5NO. The molecule has 80 valence electrons. The highest BCUT2D eigenvalue weighted by Crippen LogP contribution is 2.37. The molecule has 0 aromatic carbocycles. The van der Waals surface area contributed by atoms with E-state index in [9.17, 15) is 22.0 Å². The number of ether oxygens (including phenoxy) is 1. The van der Waals surface area contributed by atoms with Gasteiger partial charge in [-0.05, 0) is 6.07 Å². The van der Waals surface area contributed by atoms with Gasteiger partial charge < -0.3 is 9.30 Å². The second kappa shape index (κ2) is 3.14. The van der Waals surface area contributed by atoms with Crippen molar-refractivity contribution < 1.29 is 26.7 Å². The molecule has 1 aromatic heterocycles. The molecule has 1 heterocycles. The normalized spacial score (nSPS) is 13.0. The predicted molar refractivity (Wildman–Crippen MR) is 37.0 cm³/mol. The number of aromatic nitrogens is 1. The van der Waals surface area contributed by atoms with E-state index < -0.39 is 18.2 Å². The highest BCUT2D eigenvalue weighted by molar-refractivity contribution is 5.13. The summed E-state index contributed by atoms with van der Waals surface area (Å²) in [5, 5.41) is 0. The van der Waals surface area contributed by atoms with E-state index >= 15 is 0 Å². The van der Waals surface area contributed by atoms with Gasteiger partial charge in [0.25, 0.3) is 0 Å². The fraction of sp³-hybridized carbons (Fsp3) is 0.429. The molecule has 0 aliphatic heterocycles. The van der Waals surface area contributed by atoms with Crippen molar-refractivity contribution in [1.29, 1.82) is 0 Å². The van der Waals surface area contributed by atoms with Crippen LogP contribution in [0, 0.1) is 0 Å². The van der Waals surface area contributed by atoms with Gasteiger partial charge in [-0.15, -0.1) is 0 Å². The lowest BCUT2D eigenvalue weighted by Gasteiger charge is -2.20. The van der Waals surface area contributed by atoms with Crippen LogP contribution in [0.1, 0.15) is 0 Å². The molecule has 0 radical (unpaired) electrons. The SMILES string of the molecule is Cn1cccc1OC(F)(F)C(F)(F)F. The van der Waals surface area contributed by atoms with Crippen molar-refractivity contribution in [3.05, 3.63) is 18.3 Å². The Morgan fingerprint density at radius 3 is 2.14 bits per heavy atom. The zero-order valence-electron chi connectivity index (χ0n) is 6.98. The molecule has 7 heteroatoms. The summed E-state index contributed by atoms with van der Waals surface area (Å²) in [6.45, 7) is 0. The van der Waals surface area contributed by atoms with E-state index in [1.54, 1.807) is 0 Å². The number of hydrogen-bond acceptors (Lipinski definition) is 1. The molecule has 2 nitrogen and oxygen atoms in total. The Kier molecular flexibility index (Phi) is 2.43. The maximum absolute atomic E-state index is 12.3. The lowest BCUT2D eigenvalue weighted by atomic mass is 10.6. The maximum atomic E-state index is 12.3. The van der Waals surface area contributed by atoms with Gasteiger partial charge in [-0.1, -0.05) is 0 Å². The quantitative estimate of drug-likeness (QED) is 0.691. The molecule has 0 saturated carbocycles. The molecule has 0 N–H and O–H groups in total. The Morgan fingerprint density at radius 2 is 1.79 bits per heavy atom. The Balaban J connectivity index is 2.84. The van der Waals surface area contributed by atoms with E-state index in [0.717, 1.165) is 10.6 Å². The van der Waals surface area contributed by atoms with Gasteiger partial charge in [0.1, 0.15) is 0 Å². The summed E-state index contributed by atoms with van der Waals surface area (Å²) in [7, 11) is 1.29. The molecule has 0 amide bonds. The predicted octanol–water partition coefficient (Wildman–Crippen LogP) is 2.56. The number of halogens is 5. The monoisotopic (exact) mass is 215 g/mol. The van der Waals surface area contributed by atoms with Crippen LogP contribution in [-0.2, 0) is 7.05 Å². The fourth-order valence-corrected chi connectivity index (χ4v) is 0.741. The van der Waals surface area contributed by atoms with Crippen molar-refractivity contribution in [2.75, 3.05) is 0 Å². The third kappa shape index (κ3) is 1.97. The number of hydrogen-bond donors (Lipinski definition) is 0. The van der Waals surface area contributed by atoms with E-state index in [4.69, 9.17) is 0 Å². The lowest BCUT2D eigenvalue weighted by molar-refractivity contribution is -0.361. The van der Waals surface area contributed by atoms with Crippen molar-refractivity contribution in [1.82, 2.24) is 4.57 Å². The zero-order valence-corrected chi connectivity index (χ0v) is 6.98. The zero-order chi connectivity index (χ0) is 11.0. The molecule has 0 fully saturated rings. The van der Waals surface area contributed by atoms with Crippen LogP contribution in [0.2, 0.25) is 0 Å². The van der Waals surface area contributed by atoms with Crippen molar-refractivity contribution in [3.8, 4) is 5.88 Å². The first-order valence-corrected chi connectivity index (χ1v) is 3.49. The highest BCUT2D eigenvalue weighted by Gasteiger charge is 2.61. The summed E-state index contributed by atoms with van der Waals surface area (Å²) in [5.74, 6) is -0.549. The summed E-state index contributed by atoms with van der Waals surface area (Å²) in [6, 6.07) is 2.31. The van der Waals surface area contributed by atoms with Crippen LogP contribution >= 0.6 is 0 Å². The first-order chi connectivity index (χ1) is 6.24. The molecule has 0 aliphatic rings. The third-order valence-electron chi connectivity index (χ3n) is 1.46. The van der Waals surface area contributed by atoms with Crippen LogP contribution in [0.15, 0.2) is 18.3 Å². The van der Waals surface area contributed by atoms with Gasteiger partial charge in [-0.25, -0.2) is 0 Å². The number of rotatable bonds is 2. The average molecular weight is 215 g/mol. The molecular weight excluding hydrogens is 209 g/mol. The van der Waals surface area contributed by atoms with Crippen LogP contribution < -0.4 is 4.74 Å². The van der Waals surface area contributed by atoms with Gasteiger partial charge in [-0.3, -0.25) is 0 Å². The molecule has 0 spiro atoms. The molecule has 1 aromatic rings. The first-order valence-electron chi connectivity index (χ1n) is 3.49. The van der Waals surface area contributed by atoms with E-state index in [2.05, 4.69) is 4.74 Å². The highest BCUT2D eigenvalue weighted by atomic mass is 19.4. The largest absolute Gasteiger partial charge is 0.500 e.